The molecular formula is C29H37ClNO8P. The molecule has 1 fully saturated rings. The number of benzene rings is 2. The van der Waals surface area contributed by atoms with Crippen LogP contribution in [0.3, 0.4) is 0 Å². The monoisotopic (exact) mass is 593 g/mol. The van der Waals surface area contributed by atoms with Crippen LogP contribution in [0.15, 0.2) is 45.6 Å². The first kappa shape index (κ1) is 30.6. The number of aliphatic hydroxyl groups excluding tert-OH is 1. The van der Waals surface area contributed by atoms with Crippen LogP contribution < -0.4 is 9.95 Å². The topological polar surface area (TPSA) is 119 Å². The summed E-state index contributed by atoms with van der Waals surface area (Å²) in [7, 11) is -2.24. The van der Waals surface area contributed by atoms with Crippen molar-refractivity contribution in [3.05, 3.63) is 57.2 Å². The first-order valence-electron chi connectivity index (χ1n) is 13.7. The fraction of sp³-hybridized carbons (Fsp3) is 0.483. The van der Waals surface area contributed by atoms with Crippen molar-refractivity contribution < 1.29 is 32.8 Å². The summed E-state index contributed by atoms with van der Waals surface area (Å²) in [5.41, 5.74) is 0.336. The lowest BCUT2D eigenvalue weighted by Gasteiger charge is -2.35. The zero-order valence-corrected chi connectivity index (χ0v) is 24.7. The van der Waals surface area contributed by atoms with Crippen molar-refractivity contribution in [2.75, 3.05) is 33.4 Å². The minimum absolute atomic E-state index is 0.0275. The number of fused-ring (bicyclic) bond motifs is 1. The third-order valence-corrected chi connectivity index (χ3v) is 8.73. The van der Waals surface area contributed by atoms with Crippen molar-refractivity contribution in [1.29, 1.82) is 0 Å². The second-order valence-electron chi connectivity index (χ2n) is 10.1. The highest BCUT2D eigenvalue weighted by Crippen LogP contribution is 2.54. The summed E-state index contributed by atoms with van der Waals surface area (Å²) in [6.07, 6.45) is 2.55. The van der Waals surface area contributed by atoms with E-state index in [0.29, 0.717) is 48.5 Å². The minimum Gasteiger partial charge on any atom is -0.507 e. The van der Waals surface area contributed by atoms with Gasteiger partial charge in [0.25, 0.3) is 0 Å². The molecule has 1 aliphatic heterocycles. The van der Waals surface area contributed by atoms with Gasteiger partial charge in [0.2, 0.25) is 0 Å². The third-order valence-electron chi connectivity index (χ3n) is 6.98. The molecule has 1 aromatic heterocycles. The second-order valence-corrected chi connectivity index (χ2v) is 12.1. The predicted octanol–water partition coefficient (Wildman–Crippen LogP) is 6.72. The van der Waals surface area contributed by atoms with Gasteiger partial charge in [-0.1, -0.05) is 50.4 Å². The van der Waals surface area contributed by atoms with E-state index in [1.165, 1.54) is 12.1 Å². The maximum absolute atomic E-state index is 13.8. The maximum Gasteiger partial charge on any atom is 0.530 e. The van der Waals surface area contributed by atoms with Gasteiger partial charge in [-0.15, -0.1) is 0 Å². The number of piperidine rings is 1. The third kappa shape index (κ3) is 6.90. The second kappa shape index (κ2) is 13.5. The van der Waals surface area contributed by atoms with Gasteiger partial charge >= 0.3 is 7.82 Å². The highest BCUT2D eigenvalue weighted by Gasteiger charge is 2.37. The number of phosphoric ester groups is 1. The van der Waals surface area contributed by atoms with Crippen molar-refractivity contribution in [2.24, 2.45) is 0 Å². The summed E-state index contributed by atoms with van der Waals surface area (Å²) in [6.45, 7) is 5.27. The smallest absolute Gasteiger partial charge is 0.507 e. The van der Waals surface area contributed by atoms with Crippen LogP contribution in [0.1, 0.15) is 57.4 Å². The molecule has 4 rings (SSSR count). The van der Waals surface area contributed by atoms with Crippen LogP contribution in [0.4, 0.5) is 0 Å². The van der Waals surface area contributed by atoms with Crippen LogP contribution >= 0.6 is 19.4 Å². The van der Waals surface area contributed by atoms with Crippen LogP contribution in [0, 0.1) is 0 Å². The molecule has 2 heterocycles. The minimum atomic E-state index is -4.14. The lowest BCUT2D eigenvalue weighted by molar-refractivity contribution is 0.0629. The summed E-state index contributed by atoms with van der Waals surface area (Å²) in [5, 5.41) is 22.5. The first-order valence-corrected chi connectivity index (χ1v) is 15.5. The lowest BCUT2D eigenvalue weighted by atomic mass is 9.85. The van der Waals surface area contributed by atoms with Crippen molar-refractivity contribution in [1.82, 2.24) is 4.90 Å². The van der Waals surface area contributed by atoms with E-state index in [9.17, 15) is 19.6 Å². The molecule has 0 spiro atoms. The maximum atomic E-state index is 13.8. The molecule has 0 amide bonds. The van der Waals surface area contributed by atoms with Crippen LogP contribution in [0.5, 0.6) is 11.5 Å². The number of halogens is 1. The van der Waals surface area contributed by atoms with Crippen LogP contribution in [0.2, 0.25) is 5.02 Å². The van der Waals surface area contributed by atoms with Crippen molar-refractivity contribution in [3.63, 3.8) is 0 Å². The molecule has 0 bridgehead atoms. The first-order chi connectivity index (χ1) is 19.2. The number of phenolic OH excluding ortho intramolecular Hbond substituents is 1. The number of phenols is 1. The summed E-state index contributed by atoms with van der Waals surface area (Å²) < 4.78 is 37.4. The van der Waals surface area contributed by atoms with Gasteiger partial charge in [-0.2, -0.15) is 0 Å². The molecule has 40 heavy (non-hydrogen) atoms. The summed E-state index contributed by atoms with van der Waals surface area (Å²) in [5.74, 6) is -0.817. The molecule has 2 aromatic carbocycles. The van der Waals surface area contributed by atoms with Gasteiger partial charge in [-0.05, 0) is 45.0 Å². The molecule has 0 unspecified atom stereocenters. The Morgan fingerprint density at radius 2 is 1.80 bits per heavy atom. The highest BCUT2D eigenvalue weighted by molar-refractivity contribution is 7.48. The fourth-order valence-corrected chi connectivity index (χ4v) is 6.32. The van der Waals surface area contributed by atoms with E-state index in [2.05, 4.69) is 0 Å². The Morgan fingerprint density at radius 1 is 1.12 bits per heavy atom. The van der Waals surface area contributed by atoms with Gasteiger partial charge in [0.1, 0.15) is 28.2 Å². The molecule has 1 aliphatic rings. The Labute approximate surface area is 239 Å². The van der Waals surface area contributed by atoms with Crippen LogP contribution in [-0.2, 0) is 13.6 Å². The Hall–Kier alpha value is -2.39. The average Bonchev–Trinajstić information content (AvgIpc) is 2.90. The van der Waals surface area contributed by atoms with Crippen molar-refractivity contribution >= 4 is 30.4 Å². The molecule has 2 atom stereocenters. The van der Waals surface area contributed by atoms with Gasteiger partial charge in [0.15, 0.2) is 5.43 Å². The van der Waals surface area contributed by atoms with Gasteiger partial charge in [0, 0.05) is 35.7 Å². The number of nitrogens with zero attached hydrogens (tertiary/aromatic N) is 1. The van der Waals surface area contributed by atoms with E-state index in [0.717, 1.165) is 12.8 Å². The zero-order chi connectivity index (χ0) is 28.9. The number of hydrogen-bond acceptors (Lipinski definition) is 9. The highest BCUT2D eigenvalue weighted by atomic mass is 35.5. The normalized spacial score (nSPS) is 18.3. The van der Waals surface area contributed by atoms with Crippen molar-refractivity contribution in [2.45, 2.75) is 58.0 Å². The number of likely N-dealkylation sites (tertiary alicyclic amines) is 1. The van der Waals surface area contributed by atoms with E-state index in [1.54, 1.807) is 24.3 Å². The van der Waals surface area contributed by atoms with Crippen LogP contribution in [0.25, 0.3) is 22.3 Å². The number of phosphoric acid groups is 1. The molecule has 0 saturated carbocycles. The molecule has 1 saturated heterocycles. The Kier molecular flexibility index (Phi) is 10.3. The number of aliphatic hydroxyl groups is 1. The number of hydrogen-bond donors (Lipinski definition) is 2. The number of aromatic hydroxyl groups is 1. The summed E-state index contributed by atoms with van der Waals surface area (Å²) >= 11 is 6.41. The summed E-state index contributed by atoms with van der Waals surface area (Å²) in [4.78, 5) is 15.3. The summed E-state index contributed by atoms with van der Waals surface area (Å²) in [6, 6.07) is 9.42. The lowest BCUT2D eigenvalue weighted by Crippen LogP contribution is -2.40. The molecule has 0 aliphatic carbocycles. The van der Waals surface area contributed by atoms with Gasteiger partial charge in [0.05, 0.1) is 24.3 Å². The molecule has 2 N–H and O–H groups in total. The number of unbranched alkanes of at least 4 members (excludes halogenated alkanes) is 2. The molecule has 3 aromatic rings. The largest absolute Gasteiger partial charge is 0.530 e. The predicted molar refractivity (Wildman–Crippen MR) is 155 cm³/mol. The Bertz CT molecular complexity index is 1410. The van der Waals surface area contributed by atoms with Gasteiger partial charge in [-0.3, -0.25) is 13.8 Å². The van der Waals surface area contributed by atoms with Crippen LogP contribution in [-0.4, -0.2) is 54.6 Å². The van der Waals surface area contributed by atoms with Gasteiger partial charge < -0.3 is 24.1 Å². The van der Waals surface area contributed by atoms with E-state index >= 15 is 0 Å². The quantitative estimate of drug-likeness (QED) is 0.174. The number of rotatable bonds is 12. The molecule has 11 heteroatoms. The SMILES string of the molecule is CCCCOP(=O)(OCCCC)Oc1cc(O)c2c(=O)cc(-c3ccccc3Cl)oc2c1[C@H]1CCN(C)C[C@H]1O. The Morgan fingerprint density at radius 3 is 2.42 bits per heavy atom. The van der Waals surface area contributed by atoms with E-state index < -0.39 is 31.0 Å². The van der Waals surface area contributed by atoms with Crippen molar-refractivity contribution in [3.8, 4) is 22.8 Å². The van der Waals surface area contributed by atoms with E-state index in [-0.39, 0.29) is 35.7 Å². The molecular weight excluding hydrogens is 557 g/mol. The Balaban J connectivity index is 1.93. The average molecular weight is 594 g/mol. The molecule has 218 valence electrons. The zero-order valence-electron chi connectivity index (χ0n) is 23.1. The number of β-amino-alcohol motifs (C(OH)–C–C–N with tert-alkyl or cyclic N) is 1. The van der Waals surface area contributed by atoms with E-state index in [1.807, 2.05) is 25.8 Å². The van der Waals surface area contributed by atoms with E-state index in [4.69, 9.17) is 29.6 Å². The molecule has 0 radical (unpaired) electrons. The standard InChI is InChI=1S/C29H37ClNO8P/c1-4-6-14-36-40(35,37-15-7-5-2)39-26-17-23(33)28-22(32)16-25(19-10-8-9-11-21(19)30)38-29(28)27(26)20-12-13-31(3)18-24(20)34/h8-11,16-17,20,24,33-34H,4-7,12-15,18H2,1-3H3/t20-,24+/m0/s1. The fourth-order valence-electron chi connectivity index (χ4n) is 4.81. The van der Waals surface area contributed by atoms with Gasteiger partial charge in [-0.25, -0.2) is 4.57 Å². The molecule has 9 nitrogen and oxygen atoms in total. The number of likely N-dealkylation sites (N-methyl/N-ethyl adjacent to an activating group) is 1.